The maximum absolute atomic E-state index is 12.0. The first-order valence-corrected chi connectivity index (χ1v) is 5.87. The summed E-state index contributed by atoms with van der Waals surface area (Å²) in [4.78, 5) is 16.2. The summed E-state index contributed by atoms with van der Waals surface area (Å²) in [6.07, 6.45) is 0. The van der Waals surface area contributed by atoms with Crippen LogP contribution in [0.15, 0.2) is 18.2 Å². The van der Waals surface area contributed by atoms with E-state index in [9.17, 15) is 4.79 Å². The van der Waals surface area contributed by atoms with E-state index in [4.69, 9.17) is 10.5 Å². The molecule has 2 N–H and O–H groups in total. The van der Waals surface area contributed by atoms with Gasteiger partial charge in [0.25, 0.3) is 0 Å². The number of nitrogens with two attached hydrogens (primary N) is 1. The molecular formula is C13H16N4O2. The van der Waals surface area contributed by atoms with E-state index in [1.54, 1.807) is 20.0 Å². The Morgan fingerprint density at radius 1 is 1.42 bits per heavy atom. The van der Waals surface area contributed by atoms with Gasteiger partial charge >= 0.3 is 5.97 Å². The Bertz CT molecular complexity index is 619. The summed E-state index contributed by atoms with van der Waals surface area (Å²) < 4.78 is 6.63. The minimum absolute atomic E-state index is 0.115. The molecule has 0 saturated heterocycles. The van der Waals surface area contributed by atoms with Gasteiger partial charge in [-0.15, -0.1) is 0 Å². The summed E-state index contributed by atoms with van der Waals surface area (Å²) in [6, 6.07) is 5.56. The number of rotatable bonds is 3. The molecule has 0 radical (unpaired) electrons. The Hall–Kier alpha value is -2.37. The molecule has 2 rings (SSSR count). The van der Waals surface area contributed by atoms with Crippen LogP contribution < -0.4 is 5.73 Å². The van der Waals surface area contributed by atoms with Crippen LogP contribution in [0.1, 0.15) is 27.6 Å². The van der Waals surface area contributed by atoms with E-state index in [1.165, 1.54) is 4.68 Å². The molecule has 0 aliphatic rings. The Labute approximate surface area is 111 Å². The maximum Gasteiger partial charge on any atom is 0.359 e. The number of nitrogen functional groups attached to an aromatic ring is 1. The summed E-state index contributed by atoms with van der Waals surface area (Å²) in [5.74, 6) is -0.496. The molecule has 0 saturated carbocycles. The van der Waals surface area contributed by atoms with Gasteiger partial charge < -0.3 is 10.5 Å². The molecule has 0 aliphatic carbocycles. The fraction of sp³-hybridized carbons (Fsp3) is 0.308. The summed E-state index contributed by atoms with van der Waals surface area (Å²) in [6.45, 7) is 3.74. The molecule has 0 atom stereocenters. The van der Waals surface area contributed by atoms with Crippen LogP contribution in [0, 0.1) is 13.8 Å². The minimum Gasteiger partial charge on any atom is -0.454 e. The highest BCUT2D eigenvalue weighted by Crippen LogP contribution is 2.16. The highest BCUT2D eigenvalue weighted by Gasteiger charge is 2.19. The highest BCUT2D eigenvalue weighted by molar-refractivity contribution is 5.93. The quantitative estimate of drug-likeness (QED) is 0.843. The van der Waals surface area contributed by atoms with Gasteiger partial charge in [0.2, 0.25) is 0 Å². The molecule has 0 amide bonds. The van der Waals surface area contributed by atoms with E-state index in [2.05, 4.69) is 10.1 Å². The molecule has 100 valence electrons. The van der Waals surface area contributed by atoms with E-state index in [0.29, 0.717) is 17.1 Å². The predicted molar refractivity (Wildman–Crippen MR) is 70.5 cm³/mol. The molecule has 6 nitrogen and oxygen atoms in total. The average molecular weight is 260 g/mol. The number of anilines is 1. The molecule has 6 heteroatoms. The van der Waals surface area contributed by atoms with Gasteiger partial charge in [0.05, 0.1) is 17.1 Å². The van der Waals surface area contributed by atoms with Crippen molar-refractivity contribution in [1.82, 2.24) is 14.8 Å². The fourth-order valence-corrected chi connectivity index (χ4v) is 1.80. The zero-order chi connectivity index (χ0) is 14.0. The maximum atomic E-state index is 12.0. The Morgan fingerprint density at radius 3 is 2.74 bits per heavy atom. The Morgan fingerprint density at radius 2 is 2.16 bits per heavy atom. The van der Waals surface area contributed by atoms with Crippen molar-refractivity contribution in [3.63, 3.8) is 0 Å². The number of esters is 1. The molecule has 0 bridgehead atoms. The third-order valence-electron chi connectivity index (χ3n) is 2.76. The van der Waals surface area contributed by atoms with E-state index in [0.717, 1.165) is 5.69 Å². The molecular weight excluding hydrogens is 244 g/mol. The van der Waals surface area contributed by atoms with Crippen molar-refractivity contribution in [3.8, 4) is 0 Å². The van der Waals surface area contributed by atoms with Crippen molar-refractivity contribution in [2.75, 3.05) is 5.73 Å². The smallest absolute Gasteiger partial charge is 0.359 e. The van der Waals surface area contributed by atoms with Crippen molar-refractivity contribution in [2.24, 2.45) is 7.05 Å². The average Bonchev–Trinajstić information content (AvgIpc) is 2.61. The topological polar surface area (TPSA) is 83.0 Å². The zero-order valence-corrected chi connectivity index (χ0v) is 11.2. The van der Waals surface area contributed by atoms with E-state index in [1.807, 2.05) is 19.1 Å². The third kappa shape index (κ3) is 2.73. The second kappa shape index (κ2) is 5.09. The number of hydrogen-bond acceptors (Lipinski definition) is 5. The fourth-order valence-electron chi connectivity index (χ4n) is 1.80. The molecule has 0 fully saturated rings. The van der Waals surface area contributed by atoms with E-state index in [-0.39, 0.29) is 12.3 Å². The van der Waals surface area contributed by atoms with Crippen LogP contribution in [0.25, 0.3) is 0 Å². The zero-order valence-electron chi connectivity index (χ0n) is 11.2. The van der Waals surface area contributed by atoms with Gasteiger partial charge in [-0.3, -0.25) is 9.67 Å². The van der Waals surface area contributed by atoms with Crippen LogP contribution in [-0.4, -0.2) is 20.7 Å². The van der Waals surface area contributed by atoms with Crippen molar-refractivity contribution < 1.29 is 9.53 Å². The lowest BCUT2D eigenvalue weighted by molar-refractivity contribution is 0.0456. The number of nitrogens with zero attached hydrogens (tertiary/aromatic N) is 3. The molecule has 2 heterocycles. The summed E-state index contributed by atoms with van der Waals surface area (Å²) in [5.41, 5.74) is 8.61. The summed E-state index contributed by atoms with van der Waals surface area (Å²) >= 11 is 0. The first kappa shape index (κ1) is 13.1. The number of ether oxygens (including phenoxy) is 1. The molecule has 0 aromatic carbocycles. The van der Waals surface area contributed by atoms with E-state index < -0.39 is 5.97 Å². The molecule has 2 aromatic rings. The van der Waals surface area contributed by atoms with Gasteiger partial charge in [0, 0.05) is 12.7 Å². The van der Waals surface area contributed by atoms with Crippen LogP contribution >= 0.6 is 0 Å². The van der Waals surface area contributed by atoms with Crippen LogP contribution in [0.3, 0.4) is 0 Å². The normalized spacial score (nSPS) is 10.5. The van der Waals surface area contributed by atoms with Crippen molar-refractivity contribution >= 4 is 11.7 Å². The molecule has 19 heavy (non-hydrogen) atoms. The molecule has 0 unspecified atom stereocenters. The van der Waals surface area contributed by atoms with Crippen LogP contribution in [0.2, 0.25) is 0 Å². The third-order valence-corrected chi connectivity index (χ3v) is 2.76. The van der Waals surface area contributed by atoms with Crippen molar-refractivity contribution in [1.29, 1.82) is 0 Å². The lowest BCUT2D eigenvalue weighted by Crippen LogP contribution is -2.13. The Balaban J connectivity index is 2.10. The largest absolute Gasteiger partial charge is 0.454 e. The standard InChI is InChI=1S/C13H16N4O2/c1-8-5-4-6-10(15-8)7-19-13(18)12-11(14)9(2)16-17(12)3/h4-6H,7,14H2,1-3H3. The van der Waals surface area contributed by atoms with Gasteiger partial charge in [-0.25, -0.2) is 4.79 Å². The SMILES string of the molecule is Cc1cccc(COC(=O)c2c(N)c(C)nn2C)n1. The van der Waals surface area contributed by atoms with Gasteiger partial charge in [-0.1, -0.05) is 6.07 Å². The molecule has 2 aromatic heterocycles. The molecule has 0 spiro atoms. The number of aryl methyl sites for hydroxylation is 3. The van der Waals surface area contributed by atoms with E-state index >= 15 is 0 Å². The van der Waals surface area contributed by atoms with Gasteiger partial charge in [-0.2, -0.15) is 5.10 Å². The number of pyridine rings is 1. The van der Waals surface area contributed by atoms with Crippen molar-refractivity contribution in [3.05, 3.63) is 41.0 Å². The monoisotopic (exact) mass is 260 g/mol. The van der Waals surface area contributed by atoms with Gasteiger partial charge in [0.15, 0.2) is 5.69 Å². The van der Waals surface area contributed by atoms with Gasteiger partial charge in [0.1, 0.15) is 6.61 Å². The first-order chi connectivity index (χ1) is 8.99. The minimum atomic E-state index is -0.496. The number of aromatic nitrogens is 3. The first-order valence-electron chi connectivity index (χ1n) is 5.87. The summed E-state index contributed by atoms with van der Waals surface area (Å²) in [5, 5.41) is 4.08. The summed E-state index contributed by atoms with van der Waals surface area (Å²) in [7, 11) is 1.66. The lowest BCUT2D eigenvalue weighted by atomic mass is 10.3. The Kier molecular flexibility index (Phi) is 3.50. The highest BCUT2D eigenvalue weighted by atomic mass is 16.5. The second-order valence-corrected chi connectivity index (χ2v) is 4.32. The van der Waals surface area contributed by atoms with Crippen LogP contribution in [0.5, 0.6) is 0 Å². The lowest BCUT2D eigenvalue weighted by Gasteiger charge is -2.06. The van der Waals surface area contributed by atoms with Gasteiger partial charge in [-0.05, 0) is 26.0 Å². The van der Waals surface area contributed by atoms with Crippen LogP contribution in [0.4, 0.5) is 5.69 Å². The molecule has 0 aliphatic heterocycles. The number of carbonyl (C=O) groups excluding carboxylic acids is 1. The number of carbonyl (C=O) groups is 1. The van der Waals surface area contributed by atoms with Crippen LogP contribution in [-0.2, 0) is 18.4 Å². The van der Waals surface area contributed by atoms with Crippen molar-refractivity contribution in [2.45, 2.75) is 20.5 Å². The number of hydrogen-bond donors (Lipinski definition) is 1. The second-order valence-electron chi connectivity index (χ2n) is 4.32. The predicted octanol–water partition coefficient (Wildman–Crippen LogP) is 1.37.